The molecule has 0 atom stereocenters. The van der Waals surface area contributed by atoms with Crippen molar-refractivity contribution in [3.63, 3.8) is 0 Å². The molecule has 0 aromatic heterocycles. The van der Waals surface area contributed by atoms with Crippen LogP contribution in [0.2, 0.25) is 0 Å². The van der Waals surface area contributed by atoms with Crippen LogP contribution in [0.4, 0.5) is 26.3 Å². The molecule has 0 amide bonds. The number of ether oxygens (including phenoxy) is 4. The summed E-state index contributed by atoms with van der Waals surface area (Å²) in [7, 11) is 0. The first-order chi connectivity index (χ1) is 36.5. The van der Waals surface area contributed by atoms with Gasteiger partial charge in [-0.1, -0.05) is 145 Å². The molecule has 10 heteroatoms. The Labute approximate surface area is 466 Å². The van der Waals surface area contributed by atoms with Crippen LogP contribution in [0.1, 0.15) is 113 Å². The molecule has 0 N–H and O–H groups in total. The van der Waals surface area contributed by atoms with E-state index in [9.17, 15) is 26.3 Å². The maximum absolute atomic E-state index is 13.1. The summed E-state index contributed by atoms with van der Waals surface area (Å²) in [4.78, 5) is 0. The lowest BCUT2D eigenvalue weighted by atomic mass is 9.88. The average molecular weight is 1090 g/mol. The summed E-state index contributed by atoms with van der Waals surface area (Å²) in [6.07, 6.45) is 3.80. The summed E-state index contributed by atoms with van der Waals surface area (Å²) >= 11 is 0. The van der Waals surface area contributed by atoms with Gasteiger partial charge in [-0.05, 0) is 167 Å². The molecule has 0 aliphatic carbocycles. The van der Waals surface area contributed by atoms with Crippen molar-refractivity contribution in [2.75, 3.05) is 0 Å². The predicted octanol–water partition coefficient (Wildman–Crippen LogP) is 21.7. The topological polar surface area (TPSA) is 36.9 Å². The van der Waals surface area contributed by atoms with Crippen molar-refractivity contribution in [2.24, 2.45) is 21.7 Å². The van der Waals surface area contributed by atoms with Gasteiger partial charge < -0.3 is 18.9 Å². The van der Waals surface area contributed by atoms with Crippen LogP contribution in [0.15, 0.2) is 182 Å². The fourth-order valence-electron chi connectivity index (χ4n) is 8.03. The lowest BCUT2D eigenvalue weighted by Crippen LogP contribution is -2.08. The average Bonchev–Trinajstić information content (AvgIpc) is 3.30. The van der Waals surface area contributed by atoms with E-state index in [0.717, 1.165) is 66.5 Å². The third-order valence-corrected chi connectivity index (χ3v) is 10.8. The van der Waals surface area contributed by atoms with E-state index in [1.165, 1.54) is 53.6 Å². The lowest BCUT2D eigenvalue weighted by molar-refractivity contribution is 0.409. The van der Waals surface area contributed by atoms with Crippen molar-refractivity contribution < 1.29 is 45.3 Å². The molecular formula is C69H78F6O4. The Morgan fingerprint density at radius 3 is 0.886 bits per heavy atom. The number of halogens is 6. The molecule has 0 saturated heterocycles. The van der Waals surface area contributed by atoms with Gasteiger partial charge in [0, 0.05) is 30.3 Å². The maximum atomic E-state index is 13.1. The molecule has 0 aliphatic heterocycles. The standard InChI is InChI=1S/2C17H18F2O.2C17H19FO.CH4/c1-17(2,3)11-12-5-4-6-15(7-12)20-16-9-13(18)8-14(19)10-16;1-17(2,3)11-12-5-4-6-13(9-12)20-14-7-8-15(18)16(19)10-14;1-17(2,3)12-13-6-4-8-15(10-13)19-16-9-5-7-14(18)11-16;1-17(2,3)12-13-5-4-6-16(11-13)19-15-9-7-14(18)8-10-15;/h2*4-10H,11H2,1-3H3;2*4-11H,12H2,1-3H3;1H4. The SMILES string of the molecule is C.CC(C)(C)Cc1cccc(Oc2cc(F)cc(F)c2)c1.CC(C)(C)Cc1cccc(Oc2ccc(F)c(F)c2)c1.CC(C)(C)Cc1cccc(Oc2ccc(F)cc2)c1.CC(C)(C)Cc1cccc(Oc2cccc(F)c2)c1. The van der Waals surface area contributed by atoms with Crippen LogP contribution in [0.5, 0.6) is 46.0 Å². The zero-order valence-corrected chi connectivity index (χ0v) is 47.0. The second kappa shape index (κ2) is 29.0. The van der Waals surface area contributed by atoms with Gasteiger partial charge in [0.25, 0.3) is 0 Å². The molecule has 0 aliphatic rings. The zero-order valence-electron chi connectivity index (χ0n) is 47.0. The molecule has 4 nitrogen and oxygen atoms in total. The van der Waals surface area contributed by atoms with Gasteiger partial charge in [-0.3, -0.25) is 0 Å². The first-order valence-electron chi connectivity index (χ1n) is 26.0. The van der Waals surface area contributed by atoms with Crippen LogP contribution < -0.4 is 18.9 Å². The molecular weight excluding hydrogens is 1010 g/mol. The summed E-state index contributed by atoms with van der Waals surface area (Å²) in [6, 6.07) is 50.1. The molecule has 420 valence electrons. The quantitative estimate of drug-likeness (QED) is 0.114. The second-order valence-corrected chi connectivity index (χ2v) is 24.0. The summed E-state index contributed by atoms with van der Waals surface area (Å²) in [5.74, 6) is 0.728. The van der Waals surface area contributed by atoms with Gasteiger partial charge in [-0.2, -0.15) is 0 Å². The Hall–Kier alpha value is -7.46. The minimum absolute atomic E-state index is 0. The van der Waals surface area contributed by atoms with Gasteiger partial charge in [0.05, 0.1) is 0 Å². The van der Waals surface area contributed by atoms with Crippen molar-refractivity contribution in [1.82, 2.24) is 0 Å². The van der Waals surface area contributed by atoms with Gasteiger partial charge in [0.1, 0.15) is 69.3 Å². The molecule has 79 heavy (non-hydrogen) atoms. The highest BCUT2D eigenvalue weighted by Gasteiger charge is 2.16. The summed E-state index contributed by atoms with van der Waals surface area (Å²) < 4.78 is 101. The van der Waals surface area contributed by atoms with Gasteiger partial charge in [-0.15, -0.1) is 0 Å². The number of hydrogen-bond acceptors (Lipinski definition) is 4. The predicted molar refractivity (Wildman–Crippen MR) is 311 cm³/mol. The molecule has 0 fully saturated rings. The van der Waals surface area contributed by atoms with E-state index in [1.807, 2.05) is 72.8 Å². The van der Waals surface area contributed by atoms with Crippen LogP contribution >= 0.6 is 0 Å². The molecule has 0 bridgehead atoms. The van der Waals surface area contributed by atoms with E-state index >= 15 is 0 Å². The highest BCUT2D eigenvalue weighted by Crippen LogP contribution is 2.31. The largest absolute Gasteiger partial charge is 0.457 e. The van der Waals surface area contributed by atoms with Crippen molar-refractivity contribution in [2.45, 2.75) is 116 Å². The normalized spacial score (nSPS) is 11.3. The van der Waals surface area contributed by atoms with E-state index in [4.69, 9.17) is 18.9 Å². The van der Waals surface area contributed by atoms with Crippen LogP contribution in [-0.2, 0) is 25.7 Å². The Morgan fingerprint density at radius 1 is 0.253 bits per heavy atom. The summed E-state index contributed by atoms with van der Waals surface area (Å²) in [5, 5.41) is 0. The molecule has 0 radical (unpaired) electrons. The maximum Gasteiger partial charge on any atom is 0.162 e. The van der Waals surface area contributed by atoms with Gasteiger partial charge in [-0.25, -0.2) is 26.3 Å². The van der Waals surface area contributed by atoms with Crippen LogP contribution in [0.3, 0.4) is 0 Å². The van der Waals surface area contributed by atoms with Crippen LogP contribution in [0, 0.1) is 56.6 Å². The third kappa shape index (κ3) is 25.7. The van der Waals surface area contributed by atoms with Crippen LogP contribution in [0.25, 0.3) is 0 Å². The Bertz CT molecular complexity index is 3120. The molecule has 8 rings (SSSR count). The van der Waals surface area contributed by atoms with E-state index in [0.29, 0.717) is 23.0 Å². The number of rotatable bonds is 12. The molecule has 0 saturated carbocycles. The van der Waals surface area contributed by atoms with Gasteiger partial charge in [0.15, 0.2) is 11.6 Å². The first kappa shape index (κ1) is 64.1. The highest BCUT2D eigenvalue weighted by molar-refractivity contribution is 5.38. The Kier molecular flexibility index (Phi) is 23.5. The van der Waals surface area contributed by atoms with Crippen molar-refractivity contribution in [3.8, 4) is 46.0 Å². The van der Waals surface area contributed by atoms with Gasteiger partial charge in [0.2, 0.25) is 0 Å². The van der Waals surface area contributed by atoms with Crippen molar-refractivity contribution >= 4 is 0 Å². The number of benzene rings is 8. The monoisotopic (exact) mass is 1080 g/mol. The van der Waals surface area contributed by atoms with Gasteiger partial charge >= 0.3 is 0 Å². The molecule has 0 spiro atoms. The van der Waals surface area contributed by atoms with E-state index in [2.05, 4.69) is 95.2 Å². The lowest BCUT2D eigenvalue weighted by Gasteiger charge is -2.18. The fraction of sp³-hybridized carbons (Fsp3) is 0.304. The molecule has 0 heterocycles. The summed E-state index contributed by atoms with van der Waals surface area (Å²) in [5.41, 5.74) is 5.58. The smallest absolute Gasteiger partial charge is 0.162 e. The first-order valence-corrected chi connectivity index (χ1v) is 26.0. The van der Waals surface area contributed by atoms with Crippen molar-refractivity contribution in [3.05, 3.63) is 239 Å². The minimum Gasteiger partial charge on any atom is -0.457 e. The number of hydrogen-bond donors (Lipinski definition) is 0. The van der Waals surface area contributed by atoms with Crippen LogP contribution in [-0.4, -0.2) is 0 Å². The Morgan fingerprint density at radius 2 is 0.544 bits per heavy atom. The highest BCUT2D eigenvalue weighted by atomic mass is 19.2. The van der Waals surface area contributed by atoms with E-state index in [-0.39, 0.29) is 52.2 Å². The van der Waals surface area contributed by atoms with E-state index in [1.54, 1.807) is 36.4 Å². The minimum atomic E-state index is -0.909. The Balaban J connectivity index is 0.000000226. The molecule has 0 unspecified atom stereocenters. The fourth-order valence-corrected chi connectivity index (χ4v) is 8.03. The molecule has 8 aromatic carbocycles. The summed E-state index contributed by atoms with van der Waals surface area (Å²) in [6.45, 7) is 26.2. The third-order valence-electron chi connectivity index (χ3n) is 10.8. The van der Waals surface area contributed by atoms with Crippen molar-refractivity contribution in [1.29, 1.82) is 0 Å². The molecule has 8 aromatic rings. The second-order valence-electron chi connectivity index (χ2n) is 24.0. The zero-order chi connectivity index (χ0) is 57.3. The van der Waals surface area contributed by atoms with E-state index < -0.39 is 23.3 Å².